The summed E-state index contributed by atoms with van der Waals surface area (Å²) >= 11 is 2.03. The Morgan fingerprint density at radius 2 is 2.53 bits per heavy atom. The summed E-state index contributed by atoms with van der Waals surface area (Å²) in [5, 5.41) is 0. The van der Waals surface area contributed by atoms with E-state index < -0.39 is 0 Å². The maximum Gasteiger partial charge on any atom is 0.153 e. The van der Waals surface area contributed by atoms with E-state index in [4.69, 9.17) is 0 Å². The van der Waals surface area contributed by atoms with Crippen molar-refractivity contribution in [1.82, 2.24) is 9.38 Å². The van der Waals surface area contributed by atoms with Gasteiger partial charge in [0.2, 0.25) is 0 Å². The van der Waals surface area contributed by atoms with E-state index in [9.17, 15) is 4.79 Å². The Bertz CT molecular complexity index is 543. The molecule has 3 nitrogen and oxygen atoms in total. The van der Waals surface area contributed by atoms with Gasteiger partial charge in [0.25, 0.3) is 0 Å². The molecule has 1 saturated heterocycles. The first-order chi connectivity index (χ1) is 8.36. The van der Waals surface area contributed by atoms with Crippen LogP contribution in [0.3, 0.4) is 0 Å². The fraction of sp³-hybridized carbons (Fsp3) is 0.385. The molecule has 0 bridgehead atoms. The summed E-state index contributed by atoms with van der Waals surface area (Å²) in [4.78, 5) is 15.5. The first-order valence-corrected chi connectivity index (χ1v) is 7.02. The summed E-state index contributed by atoms with van der Waals surface area (Å²) < 4.78 is 1.95. The molecule has 0 saturated carbocycles. The highest BCUT2D eigenvalue weighted by atomic mass is 32.2. The Hall–Kier alpha value is -1.29. The van der Waals surface area contributed by atoms with Crippen LogP contribution >= 0.6 is 11.8 Å². The summed E-state index contributed by atoms with van der Waals surface area (Å²) in [6, 6.07) is 3.69. The second-order valence-electron chi connectivity index (χ2n) is 4.48. The number of hydrogen-bond donors (Lipinski definition) is 0. The number of carbonyl (C=O) groups excluding carboxylic acids is 1. The number of aldehydes is 1. The molecule has 0 radical (unpaired) electrons. The molecule has 1 fully saturated rings. The predicted octanol–water partition coefficient (Wildman–Crippen LogP) is 2.44. The van der Waals surface area contributed by atoms with Crippen LogP contribution in [0, 0.1) is 5.92 Å². The topological polar surface area (TPSA) is 34.4 Å². The van der Waals surface area contributed by atoms with Crippen molar-refractivity contribution in [3.8, 4) is 0 Å². The van der Waals surface area contributed by atoms with Crippen LogP contribution in [-0.2, 0) is 6.42 Å². The first-order valence-electron chi connectivity index (χ1n) is 5.86. The van der Waals surface area contributed by atoms with Gasteiger partial charge in [-0.2, -0.15) is 11.8 Å². The number of rotatable bonds is 3. The van der Waals surface area contributed by atoms with Crippen LogP contribution in [0.15, 0.2) is 24.5 Å². The van der Waals surface area contributed by atoms with Crippen LogP contribution in [0.1, 0.15) is 22.5 Å². The molecule has 0 aromatic carbocycles. The van der Waals surface area contributed by atoms with Gasteiger partial charge in [0.1, 0.15) is 5.65 Å². The molecule has 4 heteroatoms. The number of aromatic nitrogens is 2. The highest BCUT2D eigenvalue weighted by molar-refractivity contribution is 7.99. The van der Waals surface area contributed by atoms with Crippen molar-refractivity contribution >= 4 is 23.7 Å². The molecule has 1 atom stereocenters. The highest BCUT2D eigenvalue weighted by Gasteiger charge is 2.17. The van der Waals surface area contributed by atoms with Gasteiger partial charge in [-0.15, -0.1) is 0 Å². The lowest BCUT2D eigenvalue weighted by Gasteiger charge is -2.03. The number of pyridine rings is 1. The second-order valence-corrected chi connectivity index (χ2v) is 5.63. The fourth-order valence-electron chi connectivity index (χ4n) is 2.32. The van der Waals surface area contributed by atoms with Crippen LogP contribution in [0.25, 0.3) is 5.65 Å². The number of imidazole rings is 1. The lowest BCUT2D eigenvalue weighted by Crippen LogP contribution is -2.02. The summed E-state index contributed by atoms with van der Waals surface area (Å²) in [5.41, 5.74) is 2.55. The molecule has 1 unspecified atom stereocenters. The maximum absolute atomic E-state index is 10.9. The van der Waals surface area contributed by atoms with E-state index in [0.29, 0.717) is 5.56 Å². The third kappa shape index (κ3) is 2.09. The lowest BCUT2D eigenvalue weighted by atomic mass is 10.0. The zero-order valence-corrected chi connectivity index (χ0v) is 10.3. The molecule has 0 aliphatic carbocycles. The van der Waals surface area contributed by atoms with Crippen molar-refractivity contribution in [3.05, 3.63) is 35.8 Å². The van der Waals surface area contributed by atoms with E-state index >= 15 is 0 Å². The van der Waals surface area contributed by atoms with Gasteiger partial charge in [-0.1, -0.05) is 0 Å². The van der Waals surface area contributed by atoms with E-state index in [0.717, 1.165) is 30.0 Å². The fourth-order valence-corrected chi connectivity index (χ4v) is 3.60. The van der Waals surface area contributed by atoms with Crippen LogP contribution in [0.4, 0.5) is 0 Å². The third-order valence-electron chi connectivity index (χ3n) is 3.21. The minimum absolute atomic E-state index is 0.666. The zero-order valence-electron chi connectivity index (χ0n) is 9.50. The number of carbonyl (C=O) groups is 1. The summed E-state index contributed by atoms with van der Waals surface area (Å²) in [6.07, 6.45) is 7.19. The molecular weight excluding hydrogens is 232 g/mol. The second kappa shape index (κ2) is 4.53. The lowest BCUT2D eigenvalue weighted by molar-refractivity contribution is 0.112. The molecule has 2 aromatic rings. The standard InChI is InChI=1S/C13H14N2OS/c16-8-11-2-1-4-15-7-12(14-13(11)15)6-10-3-5-17-9-10/h1-2,4,7-8,10H,3,5-6,9H2. The van der Waals surface area contributed by atoms with Gasteiger partial charge < -0.3 is 4.40 Å². The van der Waals surface area contributed by atoms with Crippen LogP contribution in [0.2, 0.25) is 0 Å². The average Bonchev–Trinajstić information content (AvgIpc) is 2.97. The number of nitrogens with zero attached hydrogens (tertiary/aromatic N) is 2. The third-order valence-corrected chi connectivity index (χ3v) is 4.44. The Kier molecular flexibility index (Phi) is 2.89. The minimum atomic E-state index is 0.666. The summed E-state index contributed by atoms with van der Waals surface area (Å²) in [7, 11) is 0. The van der Waals surface area contributed by atoms with Gasteiger partial charge in [-0.25, -0.2) is 4.98 Å². The Balaban J connectivity index is 1.92. The molecule has 17 heavy (non-hydrogen) atoms. The molecule has 0 amide bonds. The van der Waals surface area contributed by atoms with Gasteiger partial charge >= 0.3 is 0 Å². The van der Waals surface area contributed by atoms with Gasteiger partial charge in [0, 0.05) is 12.4 Å². The van der Waals surface area contributed by atoms with E-state index in [1.54, 1.807) is 0 Å². The molecule has 1 aliphatic heterocycles. The quantitative estimate of drug-likeness (QED) is 0.780. The molecule has 88 valence electrons. The van der Waals surface area contributed by atoms with Crippen molar-refractivity contribution < 1.29 is 4.79 Å². The largest absolute Gasteiger partial charge is 0.306 e. The Morgan fingerprint density at radius 1 is 1.59 bits per heavy atom. The molecule has 0 spiro atoms. The SMILES string of the molecule is O=Cc1cccn2cc(CC3CCSC3)nc12. The van der Waals surface area contributed by atoms with E-state index in [1.807, 2.05) is 40.7 Å². The smallest absolute Gasteiger partial charge is 0.153 e. The zero-order chi connectivity index (χ0) is 11.7. The predicted molar refractivity (Wildman–Crippen MR) is 69.7 cm³/mol. The first kappa shape index (κ1) is 10.8. The monoisotopic (exact) mass is 246 g/mol. The average molecular weight is 246 g/mol. The van der Waals surface area contributed by atoms with E-state index in [-0.39, 0.29) is 0 Å². The highest BCUT2D eigenvalue weighted by Crippen LogP contribution is 2.26. The van der Waals surface area contributed by atoms with Crippen LogP contribution in [-0.4, -0.2) is 27.2 Å². The van der Waals surface area contributed by atoms with Crippen molar-refractivity contribution in [2.75, 3.05) is 11.5 Å². The molecule has 3 rings (SSSR count). The maximum atomic E-state index is 10.9. The van der Waals surface area contributed by atoms with Gasteiger partial charge in [-0.05, 0) is 42.4 Å². The molecule has 1 aliphatic rings. The van der Waals surface area contributed by atoms with Gasteiger partial charge in [-0.3, -0.25) is 4.79 Å². The molecule has 0 N–H and O–H groups in total. The van der Waals surface area contributed by atoms with Crippen molar-refractivity contribution in [2.24, 2.45) is 5.92 Å². The van der Waals surface area contributed by atoms with E-state index in [2.05, 4.69) is 4.98 Å². The van der Waals surface area contributed by atoms with Gasteiger partial charge in [0.15, 0.2) is 6.29 Å². The number of hydrogen-bond acceptors (Lipinski definition) is 3. The Labute approximate surface area is 104 Å². The van der Waals surface area contributed by atoms with Crippen LogP contribution in [0.5, 0.6) is 0 Å². The number of fused-ring (bicyclic) bond motifs is 1. The van der Waals surface area contributed by atoms with Crippen molar-refractivity contribution in [2.45, 2.75) is 12.8 Å². The van der Waals surface area contributed by atoms with Crippen molar-refractivity contribution in [1.29, 1.82) is 0 Å². The molecular formula is C13H14N2OS. The van der Waals surface area contributed by atoms with Crippen LogP contribution < -0.4 is 0 Å². The minimum Gasteiger partial charge on any atom is -0.306 e. The van der Waals surface area contributed by atoms with E-state index in [1.165, 1.54) is 17.9 Å². The Morgan fingerprint density at radius 3 is 3.29 bits per heavy atom. The number of thioether (sulfide) groups is 1. The van der Waals surface area contributed by atoms with Gasteiger partial charge in [0.05, 0.1) is 11.3 Å². The normalized spacial score (nSPS) is 19.9. The van der Waals surface area contributed by atoms with Crippen molar-refractivity contribution in [3.63, 3.8) is 0 Å². The summed E-state index contributed by atoms with van der Waals surface area (Å²) in [5.74, 6) is 3.27. The molecule has 3 heterocycles. The molecule has 2 aromatic heterocycles. The summed E-state index contributed by atoms with van der Waals surface area (Å²) in [6.45, 7) is 0.